The van der Waals surface area contributed by atoms with E-state index in [4.69, 9.17) is 10.5 Å². The Bertz CT molecular complexity index is 672. The molecule has 1 fully saturated rings. The first-order chi connectivity index (χ1) is 12.6. The Morgan fingerprint density at radius 1 is 1.23 bits per heavy atom. The van der Waals surface area contributed by atoms with E-state index in [2.05, 4.69) is 22.4 Å². The van der Waals surface area contributed by atoms with Crippen LogP contribution in [0.2, 0.25) is 0 Å². The van der Waals surface area contributed by atoms with E-state index >= 15 is 0 Å². The van der Waals surface area contributed by atoms with Gasteiger partial charge in [-0.2, -0.15) is 0 Å². The van der Waals surface area contributed by atoms with Crippen molar-refractivity contribution >= 4 is 17.2 Å². The Balaban J connectivity index is 1.64. The summed E-state index contributed by atoms with van der Waals surface area (Å²) in [6.45, 7) is 3.91. The zero-order valence-electron chi connectivity index (χ0n) is 15.2. The standard InChI is InChI=1S/C20H27N3O2S/c1-22(20(24)17(21)14-16-6-3-2-4-7-16)15-18(19-8-5-13-26-19)23-9-11-25-12-10-23/h2-8,13,17-18H,9-12,14-15,21H2,1H3. The lowest BCUT2D eigenvalue weighted by molar-refractivity contribution is -0.132. The SMILES string of the molecule is CN(CC(c1cccs1)N1CCOCC1)C(=O)C(N)Cc1ccccc1. The van der Waals surface area contributed by atoms with Gasteiger partial charge in [0.2, 0.25) is 5.91 Å². The van der Waals surface area contributed by atoms with Crippen molar-refractivity contribution in [2.75, 3.05) is 39.9 Å². The second-order valence-electron chi connectivity index (χ2n) is 6.69. The average Bonchev–Trinajstić information content (AvgIpc) is 3.21. The number of nitrogens with two attached hydrogens (primary N) is 1. The van der Waals surface area contributed by atoms with Crippen LogP contribution in [-0.2, 0) is 16.0 Å². The molecule has 1 aliphatic heterocycles. The monoisotopic (exact) mass is 373 g/mol. The minimum absolute atomic E-state index is 0.0105. The number of amides is 1. The summed E-state index contributed by atoms with van der Waals surface area (Å²) in [6, 6.07) is 13.8. The van der Waals surface area contributed by atoms with Crippen LogP contribution in [-0.4, -0.2) is 61.6 Å². The average molecular weight is 374 g/mol. The topological polar surface area (TPSA) is 58.8 Å². The van der Waals surface area contributed by atoms with Crippen LogP contribution in [0.25, 0.3) is 0 Å². The Hall–Kier alpha value is -1.73. The van der Waals surface area contributed by atoms with Crippen molar-refractivity contribution in [2.24, 2.45) is 5.73 Å². The maximum absolute atomic E-state index is 12.8. The molecule has 1 saturated heterocycles. The minimum Gasteiger partial charge on any atom is -0.379 e. The fraction of sp³-hybridized carbons (Fsp3) is 0.450. The summed E-state index contributed by atoms with van der Waals surface area (Å²) in [5.74, 6) is -0.0105. The highest BCUT2D eigenvalue weighted by Gasteiger charge is 2.27. The van der Waals surface area contributed by atoms with Crippen LogP contribution >= 0.6 is 11.3 Å². The number of thiophene rings is 1. The third-order valence-corrected chi connectivity index (χ3v) is 5.77. The smallest absolute Gasteiger partial charge is 0.239 e. The van der Waals surface area contributed by atoms with Gasteiger partial charge in [0.05, 0.1) is 25.3 Å². The molecule has 3 rings (SSSR count). The molecule has 5 nitrogen and oxygen atoms in total. The normalized spacial score (nSPS) is 17.6. The van der Waals surface area contributed by atoms with E-state index in [9.17, 15) is 4.79 Å². The molecule has 6 heteroatoms. The molecule has 140 valence electrons. The molecule has 26 heavy (non-hydrogen) atoms. The van der Waals surface area contributed by atoms with Gasteiger partial charge in [-0.15, -0.1) is 11.3 Å². The molecule has 2 unspecified atom stereocenters. The van der Waals surface area contributed by atoms with Gasteiger partial charge in [0, 0.05) is 31.6 Å². The third kappa shape index (κ3) is 4.92. The highest BCUT2D eigenvalue weighted by atomic mass is 32.1. The summed E-state index contributed by atoms with van der Waals surface area (Å²) in [5, 5.41) is 2.09. The van der Waals surface area contributed by atoms with Gasteiger partial charge < -0.3 is 15.4 Å². The predicted molar refractivity (Wildman–Crippen MR) is 105 cm³/mol. The Morgan fingerprint density at radius 3 is 2.62 bits per heavy atom. The number of rotatable bonds is 7. The number of ether oxygens (including phenoxy) is 1. The van der Waals surface area contributed by atoms with Gasteiger partial charge in [-0.3, -0.25) is 9.69 Å². The maximum Gasteiger partial charge on any atom is 0.239 e. The van der Waals surface area contributed by atoms with Gasteiger partial charge in [-0.05, 0) is 23.4 Å². The van der Waals surface area contributed by atoms with Crippen LogP contribution in [0.15, 0.2) is 47.8 Å². The first-order valence-corrected chi connectivity index (χ1v) is 9.93. The zero-order valence-corrected chi connectivity index (χ0v) is 16.0. The van der Waals surface area contributed by atoms with Gasteiger partial charge in [0.1, 0.15) is 0 Å². The molecule has 1 aromatic heterocycles. The molecule has 1 aromatic carbocycles. The Labute approximate surface area is 159 Å². The minimum atomic E-state index is -0.518. The second-order valence-corrected chi connectivity index (χ2v) is 7.67. The highest BCUT2D eigenvalue weighted by Crippen LogP contribution is 2.27. The van der Waals surface area contributed by atoms with Crippen molar-refractivity contribution in [1.29, 1.82) is 0 Å². The molecule has 0 aliphatic carbocycles. The molecular weight excluding hydrogens is 346 g/mol. The lowest BCUT2D eigenvalue weighted by Gasteiger charge is -2.36. The van der Waals surface area contributed by atoms with Crippen LogP contribution in [0.5, 0.6) is 0 Å². The van der Waals surface area contributed by atoms with Crippen molar-refractivity contribution in [3.63, 3.8) is 0 Å². The van der Waals surface area contributed by atoms with Crippen LogP contribution in [0.3, 0.4) is 0 Å². The number of likely N-dealkylation sites (N-methyl/N-ethyl adjacent to an activating group) is 1. The quantitative estimate of drug-likeness (QED) is 0.808. The van der Waals surface area contributed by atoms with Crippen LogP contribution < -0.4 is 5.73 Å². The van der Waals surface area contributed by atoms with Crippen molar-refractivity contribution in [3.05, 3.63) is 58.3 Å². The first kappa shape index (κ1) is 19.0. The van der Waals surface area contributed by atoms with Gasteiger partial charge in [0.15, 0.2) is 0 Å². The van der Waals surface area contributed by atoms with Crippen molar-refractivity contribution in [3.8, 4) is 0 Å². The zero-order chi connectivity index (χ0) is 18.4. The van der Waals surface area contributed by atoms with Crippen molar-refractivity contribution in [2.45, 2.75) is 18.5 Å². The van der Waals surface area contributed by atoms with E-state index in [1.807, 2.05) is 37.4 Å². The van der Waals surface area contributed by atoms with E-state index in [0.717, 1.165) is 31.9 Å². The predicted octanol–water partition coefficient (Wildman–Crippen LogP) is 2.15. The third-order valence-electron chi connectivity index (χ3n) is 4.80. The fourth-order valence-electron chi connectivity index (χ4n) is 3.34. The summed E-state index contributed by atoms with van der Waals surface area (Å²) in [4.78, 5) is 18.3. The van der Waals surface area contributed by atoms with E-state index in [1.165, 1.54) is 4.88 Å². The number of carbonyl (C=O) groups is 1. The van der Waals surface area contributed by atoms with Crippen LogP contribution in [0.1, 0.15) is 16.5 Å². The van der Waals surface area contributed by atoms with E-state index in [0.29, 0.717) is 13.0 Å². The highest BCUT2D eigenvalue weighted by molar-refractivity contribution is 7.10. The lowest BCUT2D eigenvalue weighted by atomic mass is 10.1. The number of carbonyl (C=O) groups excluding carboxylic acids is 1. The number of benzene rings is 1. The first-order valence-electron chi connectivity index (χ1n) is 9.05. The van der Waals surface area contributed by atoms with E-state index < -0.39 is 6.04 Å². The summed E-state index contributed by atoms with van der Waals surface area (Å²) >= 11 is 1.74. The number of nitrogens with zero attached hydrogens (tertiary/aromatic N) is 2. The van der Waals surface area contributed by atoms with E-state index in [1.54, 1.807) is 16.2 Å². The second kappa shape index (κ2) is 9.28. The summed E-state index contributed by atoms with van der Waals surface area (Å²) < 4.78 is 5.49. The van der Waals surface area contributed by atoms with Gasteiger partial charge in [-0.1, -0.05) is 36.4 Å². The molecule has 1 amide bonds. The molecular formula is C20H27N3O2S. The fourth-order valence-corrected chi connectivity index (χ4v) is 4.20. The van der Waals surface area contributed by atoms with Crippen molar-refractivity contribution < 1.29 is 9.53 Å². The molecule has 2 N–H and O–H groups in total. The Kier molecular flexibility index (Phi) is 6.80. The van der Waals surface area contributed by atoms with Crippen LogP contribution in [0, 0.1) is 0 Å². The summed E-state index contributed by atoms with van der Waals surface area (Å²) in [7, 11) is 1.86. The van der Waals surface area contributed by atoms with Crippen LogP contribution in [0.4, 0.5) is 0 Å². The number of hydrogen-bond acceptors (Lipinski definition) is 5. The molecule has 0 bridgehead atoms. The van der Waals surface area contributed by atoms with Gasteiger partial charge in [0.25, 0.3) is 0 Å². The molecule has 1 aliphatic rings. The lowest BCUT2D eigenvalue weighted by Crippen LogP contribution is -2.48. The maximum atomic E-state index is 12.8. The van der Waals surface area contributed by atoms with Gasteiger partial charge in [-0.25, -0.2) is 0 Å². The summed E-state index contributed by atoms with van der Waals surface area (Å²) in [5.41, 5.74) is 7.29. The van der Waals surface area contributed by atoms with Gasteiger partial charge >= 0.3 is 0 Å². The molecule has 2 heterocycles. The Morgan fingerprint density at radius 2 is 1.96 bits per heavy atom. The largest absolute Gasteiger partial charge is 0.379 e. The molecule has 2 aromatic rings. The molecule has 0 saturated carbocycles. The number of morpholine rings is 1. The van der Waals surface area contributed by atoms with Crippen molar-refractivity contribution in [1.82, 2.24) is 9.80 Å². The van der Waals surface area contributed by atoms with E-state index in [-0.39, 0.29) is 11.9 Å². The summed E-state index contributed by atoms with van der Waals surface area (Å²) in [6.07, 6.45) is 0.561. The molecule has 0 spiro atoms. The number of hydrogen-bond donors (Lipinski definition) is 1. The molecule has 2 atom stereocenters. The molecule has 0 radical (unpaired) electrons.